The molecule has 0 saturated carbocycles. The molecule has 0 amide bonds. The summed E-state index contributed by atoms with van der Waals surface area (Å²) in [6.45, 7) is 0. The molecule has 2 aromatic heterocycles. The first-order valence-electron chi connectivity index (χ1n) is 17.3. The first kappa shape index (κ1) is 27.3. The number of hydrogen-bond donors (Lipinski definition) is 0. The van der Waals surface area contributed by atoms with E-state index in [0.29, 0.717) is 0 Å². The zero-order valence-electron chi connectivity index (χ0n) is 27.2. The summed E-state index contributed by atoms with van der Waals surface area (Å²) in [4.78, 5) is 0. The average Bonchev–Trinajstić information content (AvgIpc) is 3.71. The lowest BCUT2D eigenvalue weighted by Crippen LogP contribution is -1.95. The first-order valence-corrected chi connectivity index (χ1v) is 17.3. The predicted molar refractivity (Wildman–Crippen MR) is 213 cm³/mol. The predicted octanol–water partition coefficient (Wildman–Crippen LogP) is 13.0. The van der Waals surface area contributed by atoms with E-state index >= 15 is 0 Å². The van der Waals surface area contributed by atoms with Gasteiger partial charge >= 0.3 is 0 Å². The van der Waals surface area contributed by atoms with Gasteiger partial charge in [-0.15, -0.1) is 0 Å². The van der Waals surface area contributed by atoms with Gasteiger partial charge in [0.25, 0.3) is 0 Å². The van der Waals surface area contributed by atoms with Gasteiger partial charge in [-0.25, -0.2) is 0 Å². The number of para-hydroxylation sites is 3. The molecule has 50 heavy (non-hydrogen) atoms. The molecule has 2 nitrogen and oxygen atoms in total. The summed E-state index contributed by atoms with van der Waals surface area (Å²) >= 11 is 0. The second-order valence-corrected chi connectivity index (χ2v) is 13.3. The van der Waals surface area contributed by atoms with Crippen LogP contribution in [0.25, 0.3) is 98.4 Å². The van der Waals surface area contributed by atoms with Crippen molar-refractivity contribution < 1.29 is 0 Å². The van der Waals surface area contributed by atoms with Crippen LogP contribution in [-0.4, -0.2) is 9.13 Å². The Labute approximate surface area is 288 Å². The van der Waals surface area contributed by atoms with Gasteiger partial charge in [0.05, 0.1) is 22.1 Å². The van der Waals surface area contributed by atoms with Gasteiger partial charge in [0.15, 0.2) is 0 Å². The van der Waals surface area contributed by atoms with Crippen molar-refractivity contribution in [2.45, 2.75) is 0 Å². The topological polar surface area (TPSA) is 9.86 Å². The fourth-order valence-electron chi connectivity index (χ4n) is 8.54. The highest BCUT2D eigenvalue weighted by molar-refractivity contribution is 6.27. The van der Waals surface area contributed by atoms with Crippen molar-refractivity contribution in [2.24, 2.45) is 0 Å². The minimum atomic E-state index is 1.15. The van der Waals surface area contributed by atoms with Crippen molar-refractivity contribution >= 4 is 75.9 Å². The quantitative estimate of drug-likeness (QED) is 0.171. The molecule has 0 saturated heterocycles. The summed E-state index contributed by atoms with van der Waals surface area (Å²) in [5, 5.41) is 12.8. The van der Waals surface area contributed by atoms with Gasteiger partial charge in [0.2, 0.25) is 0 Å². The highest BCUT2D eigenvalue weighted by Crippen LogP contribution is 2.43. The molecular weight excluding hydrogens is 605 g/mol. The lowest BCUT2D eigenvalue weighted by atomic mass is 9.92. The van der Waals surface area contributed by atoms with Crippen LogP contribution in [0.4, 0.5) is 0 Å². The van der Waals surface area contributed by atoms with Crippen LogP contribution < -0.4 is 0 Å². The Hall–Kier alpha value is -6.64. The van der Waals surface area contributed by atoms with Crippen molar-refractivity contribution in [3.8, 4) is 22.5 Å². The van der Waals surface area contributed by atoms with Crippen LogP contribution >= 0.6 is 0 Å². The highest BCUT2D eigenvalue weighted by Gasteiger charge is 2.21. The first-order chi connectivity index (χ1) is 24.8. The molecule has 0 fully saturated rings. The molecule has 0 aliphatic heterocycles. The van der Waals surface area contributed by atoms with Gasteiger partial charge in [-0.05, 0) is 92.0 Å². The molecule has 11 aromatic rings. The third-order valence-corrected chi connectivity index (χ3v) is 10.7. The molecule has 0 aliphatic rings. The van der Waals surface area contributed by atoms with Crippen molar-refractivity contribution in [1.82, 2.24) is 9.13 Å². The van der Waals surface area contributed by atoms with Gasteiger partial charge in [-0.1, -0.05) is 133 Å². The van der Waals surface area contributed by atoms with Gasteiger partial charge in [0.1, 0.15) is 0 Å². The second-order valence-electron chi connectivity index (χ2n) is 13.3. The SMILES string of the molecule is c1ccc(-n2c3ccccc3c3ccc4c(c5ccccc5n4-c4cccc(-c5ccc6c7ccccc7c7ccccc7c6c5)c4)c32)cc1. The number of rotatable bonds is 3. The maximum atomic E-state index is 2.45. The Balaban J connectivity index is 1.18. The van der Waals surface area contributed by atoms with E-state index < -0.39 is 0 Å². The van der Waals surface area contributed by atoms with Gasteiger partial charge in [-0.3, -0.25) is 0 Å². The number of fused-ring (bicyclic) bond motifs is 13. The van der Waals surface area contributed by atoms with Gasteiger partial charge < -0.3 is 9.13 Å². The van der Waals surface area contributed by atoms with Crippen LogP contribution in [0.5, 0.6) is 0 Å². The van der Waals surface area contributed by atoms with Crippen molar-refractivity contribution in [3.05, 3.63) is 182 Å². The molecule has 232 valence electrons. The lowest BCUT2D eigenvalue weighted by Gasteiger charge is -2.13. The van der Waals surface area contributed by atoms with Crippen LogP contribution in [0.2, 0.25) is 0 Å². The van der Waals surface area contributed by atoms with Crippen LogP contribution in [-0.2, 0) is 0 Å². The molecule has 2 heterocycles. The van der Waals surface area contributed by atoms with Gasteiger partial charge in [-0.2, -0.15) is 0 Å². The van der Waals surface area contributed by atoms with Crippen LogP contribution in [0.15, 0.2) is 182 Å². The second kappa shape index (κ2) is 10.4. The van der Waals surface area contributed by atoms with Crippen LogP contribution in [0.1, 0.15) is 0 Å². The minimum absolute atomic E-state index is 1.15. The Kier molecular flexibility index (Phi) is 5.70. The molecule has 0 aliphatic carbocycles. The van der Waals surface area contributed by atoms with Crippen molar-refractivity contribution in [3.63, 3.8) is 0 Å². The molecule has 9 aromatic carbocycles. The fraction of sp³-hybridized carbons (Fsp3) is 0. The van der Waals surface area contributed by atoms with Gasteiger partial charge in [0, 0.05) is 32.9 Å². The van der Waals surface area contributed by atoms with E-state index in [1.165, 1.54) is 92.7 Å². The Bertz CT molecular complexity index is 3110. The standard InChI is InChI=1S/C48H30N2/c1-2-14-33(15-3-1)50-44-23-10-8-21-40(44)41-27-28-46-47(48(41)50)42-22-9-11-24-45(42)49(46)34-16-12-13-31(29-34)32-25-26-39-37-19-5-4-17-35(37)36-18-6-7-20-38(36)43(39)30-32/h1-30H. The molecule has 0 bridgehead atoms. The zero-order chi connectivity index (χ0) is 32.8. The van der Waals surface area contributed by atoms with E-state index in [1.54, 1.807) is 0 Å². The van der Waals surface area contributed by atoms with Crippen LogP contribution in [0.3, 0.4) is 0 Å². The van der Waals surface area contributed by atoms with E-state index in [1.807, 2.05) is 0 Å². The Morgan fingerprint density at radius 1 is 0.260 bits per heavy atom. The maximum Gasteiger partial charge on any atom is 0.0641 e. The smallest absolute Gasteiger partial charge is 0.0641 e. The lowest BCUT2D eigenvalue weighted by molar-refractivity contribution is 1.17. The number of nitrogens with zero attached hydrogens (tertiary/aromatic N) is 2. The van der Waals surface area contributed by atoms with E-state index in [-0.39, 0.29) is 0 Å². The van der Waals surface area contributed by atoms with E-state index in [0.717, 1.165) is 5.69 Å². The maximum absolute atomic E-state index is 2.45. The van der Waals surface area contributed by atoms with Crippen LogP contribution in [0, 0.1) is 0 Å². The molecule has 0 N–H and O–H groups in total. The average molecular weight is 635 g/mol. The molecule has 0 radical (unpaired) electrons. The minimum Gasteiger partial charge on any atom is -0.309 e. The molecule has 11 rings (SSSR count). The number of aromatic nitrogens is 2. The summed E-state index contributed by atoms with van der Waals surface area (Å²) < 4.78 is 4.90. The summed E-state index contributed by atoms with van der Waals surface area (Å²) in [5.74, 6) is 0. The third-order valence-electron chi connectivity index (χ3n) is 10.7. The number of benzene rings is 9. The summed E-state index contributed by atoms with van der Waals surface area (Å²) in [6, 6.07) is 66.7. The highest BCUT2D eigenvalue weighted by atomic mass is 15.0. The Morgan fingerprint density at radius 2 is 0.780 bits per heavy atom. The molecule has 0 spiro atoms. The molecule has 0 unspecified atom stereocenters. The largest absolute Gasteiger partial charge is 0.309 e. The van der Waals surface area contributed by atoms with Crippen molar-refractivity contribution in [2.75, 3.05) is 0 Å². The fourth-order valence-corrected chi connectivity index (χ4v) is 8.54. The van der Waals surface area contributed by atoms with Crippen molar-refractivity contribution in [1.29, 1.82) is 0 Å². The summed E-state index contributed by atoms with van der Waals surface area (Å²) in [6.07, 6.45) is 0. The van der Waals surface area contributed by atoms with E-state index in [2.05, 4.69) is 191 Å². The monoisotopic (exact) mass is 634 g/mol. The number of hydrogen-bond acceptors (Lipinski definition) is 0. The Morgan fingerprint density at radius 3 is 1.50 bits per heavy atom. The zero-order valence-corrected chi connectivity index (χ0v) is 27.2. The van der Waals surface area contributed by atoms with E-state index in [4.69, 9.17) is 0 Å². The molecule has 0 atom stereocenters. The normalized spacial score (nSPS) is 12.0. The molecule has 2 heteroatoms. The summed E-state index contributed by atoms with van der Waals surface area (Å²) in [5.41, 5.74) is 9.60. The summed E-state index contributed by atoms with van der Waals surface area (Å²) in [7, 11) is 0. The van der Waals surface area contributed by atoms with E-state index in [9.17, 15) is 0 Å². The molecular formula is C48H30N2. The third kappa shape index (κ3) is 3.79.